The predicted molar refractivity (Wildman–Crippen MR) is 44.1 cm³/mol. The van der Waals surface area contributed by atoms with E-state index in [0.29, 0.717) is 18.9 Å². The number of methoxy groups -OCH3 is 1. The predicted octanol–water partition coefficient (Wildman–Crippen LogP) is 0.757. The highest BCUT2D eigenvalue weighted by Crippen LogP contribution is 2.14. The first-order chi connectivity index (χ1) is 5.77. The van der Waals surface area contributed by atoms with Gasteiger partial charge in [0.05, 0.1) is 13.7 Å². The zero-order chi connectivity index (χ0) is 8.97. The first-order valence-corrected chi connectivity index (χ1v) is 4.05. The molecule has 0 spiro atoms. The van der Waals surface area contributed by atoms with E-state index in [4.69, 9.17) is 4.74 Å². The minimum atomic E-state index is -0.337. The third-order valence-corrected chi connectivity index (χ3v) is 1.72. The lowest BCUT2D eigenvalue weighted by Gasteiger charge is -2.01. The van der Waals surface area contributed by atoms with E-state index >= 15 is 0 Å². The Kier molecular flexibility index (Phi) is 3.08. The fraction of sp³-hybridized carbons (Fsp3) is 0.750. The minimum absolute atomic E-state index is 0.273. The Labute approximate surface area is 71.6 Å². The number of esters is 1. The van der Waals surface area contributed by atoms with E-state index in [-0.39, 0.29) is 12.0 Å². The lowest BCUT2D eigenvalue weighted by Crippen LogP contribution is -2.16. The number of aliphatic imine (C=N–C) groups is 1. The molecule has 0 saturated heterocycles. The van der Waals surface area contributed by atoms with Crippen LogP contribution < -0.4 is 0 Å². The summed E-state index contributed by atoms with van der Waals surface area (Å²) >= 11 is 0. The Morgan fingerprint density at radius 3 is 3.08 bits per heavy atom. The number of carbonyl (C=O) groups is 1. The Morgan fingerprint density at radius 2 is 2.50 bits per heavy atom. The van der Waals surface area contributed by atoms with Crippen molar-refractivity contribution in [1.82, 2.24) is 0 Å². The van der Waals surface area contributed by atoms with Crippen molar-refractivity contribution in [3.05, 3.63) is 0 Å². The monoisotopic (exact) mass is 171 g/mol. The fourth-order valence-electron chi connectivity index (χ4n) is 1.15. The van der Waals surface area contributed by atoms with Gasteiger partial charge in [0.15, 0.2) is 11.9 Å². The maximum absolute atomic E-state index is 11.0. The fourth-order valence-corrected chi connectivity index (χ4v) is 1.15. The van der Waals surface area contributed by atoms with Gasteiger partial charge in [0.1, 0.15) is 0 Å². The third kappa shape index (κ3) is 1.96. The van der Waals surface area contributed by atoms with Crippen molar-refractivity contribution >= 4 is 11.9 Å². The minimum Gasteiger partial charge on any atom is -0.481 e. The summed E-state index contributed by atoms with van der Waals surface area (Å²) < 4.78 is 9.73. The van der Waals surface area contributed by atoms with Gasteiger partial charge in [-0.2, -0.15) is 0 Å². The van der Waals surface area contributed by atoms with Crippen LogP contribution in [0.25, 0.3) is 0 Å². The zero-order valence-electron chi connectivity index (χ0n) is 7.37. The molecule has 4 nitrogen and oxygen atoms in total. The van der Waals surface area contributed by atoms with Crippen LogP contribution in [0.2, 0.25) is 0 Å². The summed E-state index contributed by atoms with van der Waals surface area (Å²) in [4.78, 5) is 15.0. The van der Waals surface area contributed by atoms with Crippen molar-refractivity contribution in [3.8, 4) is 0 Å². The van der Waals surface area contributed by atoms with Crippen LogP contribution in [-0.2, 0) is 14.3 Å². The molecule has 0 N–H and O–H groups in total. The van der Waals surface area contributed by atoms with Gasteiger partial charge in [-0.15, -0.1) is 0 Å². The van der Waals surface area contributed by atoms with Gasteiger partial charge >= 0.3 is 5.97 Å². The van der Waals surface area contributed by atoms with E-state index in [1.54, 1.807) is 0 Å². The Morgan fingerprint density at radius 1 is 1.75 bits per heavy atom. The van der Waals surface area contributed by atoms with Gasteiger partial charge in [0, 0.05) is 6.42 Å². The largest absolute Gasteiger partial charge is 0.481 e. The van der Waals surface area contributed by atoms with Gasteiger partial charge in [-0.3, -0.25) is 0 Å². The highest BCUT2D eigenvalue weighted by atomic mass is 16.5. The van der Waals surface area contributed by atoms with Gasteiger partial charge in [-0.05, 0) is 13.3 Å². The van der Waals surface area contributed by atoms with Crippen molar-refractivity contribution in [2.24, 2.45) is 4.99 Å². The molecular formula is C8H13NO3. The molecule has 0 radical (unpaired) electrons. The van der Waals surface area contributed by atoms with Crippen LogP contribution in [0.1, 0.15) is 19.8 Å². The van der Waals surface area contributed by atoms with Crippen LogP contribution in [0, 0.1) is 0 Å². The first-order valence-electron chi connectivity index (χ1n) is 4.05. The molecule has 4 heteroatoms. The van der Waals surface area contributed by atoms with Crippen molar-refractivity contribution in [3.63, 3.8) is 0 Å². The average Bonchev–Trinajstić information content (AvgIpc) is 2.52. The number of carbonyl (C=O) groups excluding carboxylic acids is 1. The van der Waals surface area contributed by atoms with Crippen LogP contribution in [0.4, 0.5) is 0 Å². The summed E-state index contributed by atoms with van der Waals surface area (Å²) in [7, 11) is 1.37. The highest BCUT2D eigenvalue weighted by molar-refractivity contribution is 5.86. The summed E-state index contributed by atoms with van der Waals surface area (Å²) in [5, 5.41) is 0. The molecule has 12 heavy (non-hydrogen) atoms. The van der Waals surface area contributed by atoms with E-state index < -0.39 is 0 Å². The van der Waals surface area contributed by atoms with Crippen LogP contribution in [0.15, 0.2) is 4.99 Å². The van der Waals surface area contributed by atoms with E-state index in [1.807, 2.05) is 6.92 Å². The Hall–Kier alpha value is -1.06. The standard InChI is InChI=1S/C8H13NO3/c1-3-12-7-5-4-6(9-7)8(10)11-2/h6H,3-5H2,1-2H3/t6-/m0/s1. The molecule has 0 aliphatic carbocycles. The third-order valence-electron chi connectivity index (χ3n) is 1.72. The second-order valence-electron chi connectivity index (χ2n) is 2.53. The molecule has 0 aromatic carbocycles. The number of rotatable bonds is 2. The van der Waals surface area contributed by atoms with E-state index in [2.05, 4.69) is 9.73 Å². The van der Waals surface area contributed by atoms with Gasteiger partial charge < -0.3 is 9.47 Å². The average molecular weight is 171 g/mol. The number of hydrogen-bond acceptors (Lipinski definition) is 4. The molecule has 1 rings (SSSR count). The smallest absolute Gasteiger partial charge is 0.330 e. The molecule has 0 bridgehead atoms. The quantitative estimate of drug-likeness (QED) is 0.576. The van der Waals surface area contributed by atoms with E-state index in [0.717, 1.165) is 6.42 Å². The van der Waals surface area contributed by atoms with Crippen LogP contribution in [-0.4, -0.2) is 31.6 Å². The van der Waals surface area contributed by atoms with Crippen LogP contribution in [0.3, 0.4) is 0 Å². The Balaban J connectivity index is 2.46. The number of hydrogen-bond donors (Lipinski definition) is 0. The number of nitrogens with zero attached hydrogens (tertiary/aromatic N) is 1. The molecule has 0 fully saturated rings. The zero-order valence-corrected chi connectivity index (χ0v) is 7.37. The topological polar surface area (TPSA) is 47.9 Å². The molecule has 0 saturated carbocycles. The van der Waals surface area contributed by atoms with Crippen molar-refractivity contribution in [2.75, 3.05) is 13.7 Å². The molecule has 0 aromatic rings. The molecule has 1 aliphatic heterocycles. The van der Waals surface area contributed by atoms with Crippen molar-refractivity contribution in [2.45, 2.75) is 25.8 Å². The normalized spacial score (nSPS) is 21.8. The van der Waals surface area contributed by atoms with Crippen molar-refractivity contribution < 1.29 is 14.3 Å². The van der Waals surface area contributed by atoms with Gasteiger partial charge in [0.2, 0.25) is 0 Å². The summed E-state index contributed by atoms with van der Waals surface area (Å²) in [6, 6.07) is -0.337. The maximum atomic E-state index is 11.0. The Bertz CT molecular complexity index is 200. The highest BCUT2D eigenvalue weighted by Gasteiger charge is 2.25. The molecule has 1 atom stereocenters. The van der Waals surface area contributed by atoms with Gasteiger partial charge in [0.25, 0.3) is 0 Å². The number of ether oxygens (including phenoxy) is 2. The SMILES string of the molecule is CCOC1=N[C@H](C(=O)OC)CC1. The second-order valence-corrected chi connectivity index (χ2v) is 2.53. The molecule has 0 amide bonds. The van der Waals surface area contributed by atoms with E-state index in [9.17, 15) is 4.79 Å². The molecule has 68 valence electrons. The van der Waals surface area contributed by atoms with Crippen molar-refractivity contribution in [1.29, 1.82) is 0 Å². The molecule has 0 aromatic heterocycles. The molecule has 0 unspecified atom stereocenters. The van der Waals surface area contributed by atoms with Gasteiger partial charge in [-0.1, -0.05) is 0 Å². The molecule has 1 aliphatic rings. The van der Waals surface area contributed by atoms with Gasteiger partial charge in [-0.25, -0.2) is 9.79 Å². The molecule has 1 heterocycles. The van der Waals surface area contributed by atoms with Crippen LogP contribution in [0.5, 0.6) is 0 Å². The summed E-state index contributed by atoms with van der Waals surface area (Å²) in [6.07, 6.45) is 1.45. The lowest BCUT2D eigenvalue weighted by atomic mass is 10.2. The summed E-state index contributed by atoms with van der Waals surface area (Å²) in [6.45, 7) is 2.50. The second kappa shape index (κ2) is 4.09. The first kappa shape index (κ1) is 9.03. The maximum Gasteiger partial charge on any atom is 0.330 e. The summed E-state index contributed by atoms with van der Waals surface area (Å²) in [5.74, 6) is 0.401. The lowest BCUT2D eigenvalue weighted by molar-refractivity contribution is -0.141. The summed E-state index contributed by atoms with van der Waals surface area (Å²) in [5.41, 5.74) is 0. The van der Waals surface area contributed by atoms with Crippen LogP contribution >= 0.6 is 0 Å². The van der Waals surface area contributed by atoms with E-state index in [1.165, 1.54) is 7.11 Å². The molecular weight excluding hydrogens is 158 g/mol.